The van der Waals surface area contributed by atoms with Crippen molar-refractivity contribution in [1.82, 2.24) is 0 Å². The predicted octanol–water partition coefficient (Wildman–Crippen LogP) is 3.88. The molecule has 8 heteroatoms. The Morgan fingerprint density at radius 1 is 1.15 bits per heavy atom. The summed E-state index contributed by atoms with van der Waals surface area (Å²) in [6.45, 7) is 1.47. The fourth-order valence-corrected chi connectivity index (χ4v) is 2.63. The Labute approximate surface area is 161 Å². The molecule has 6 nitrogen and oxygen atoms in total. The van der Waals surface area contributed by atoms with Gasteiger partial charge in [0.15, 0.2) is 0 Å². The molecule has 1 N–H and O–H groups in total. The first-order chi connectivity index (χ1) is 12.8. The topological polar surface area (TPSA) is 67.9 Å². The van der Waals surface area contributed by atoms with E-state index in [1.54, 1.807) is 18.2 Å². The number of carbonyl (C=O) groups excluding carboxylic acids is 2. The van der Waals surface area contributed by atoms with Crippen LogP contribution < -0.4 is 19.7 Å². The van der Waals surface area contributed by atoms with Gasteiger partial charge in [-0.3, -0.25) is 9.59 Å². The Bertz CT molecular complexity index is 844. The molecule has 0 spiro atoms. The van der Waals surface area contributed by atoms with E-state index in [0.717, 1.165) is 0 Å². The molecular formula is C19H20ClFN2O4. The van der Waals surface area contributed by atoms with Crippen LogP contribution in [0.25, 0.3) is 0 Å². The molecule has 0 radical (unpaired) electrons. The van der Waals surface area contributed by atoms with Gasteiger partial charge in [0.05, 0.1) is 24.9 Å². The highest BCUT2D eigenvalue weighted by atomic mass is 35.5. The lowest BCUT2D eigenvalue weighted by Gasteiger charge is -2.21. The third-order valence-electron chi connectivity index (χ3n) is 3.84. The summed E-state index contributed by atoms with van der Waals surface area (Å²) in [5, 5.41) is 2.64. The SMILES string of the molecule is COc1ccc(OC)c(NC(=O)CCN(C(C)=O)c2ccc(F)c(Cl)c2)c1. The van der Waals surface area contributed by atoms with E-state index in [-0.39, 0.29) is 29.8 Å². The summed E-state index contributed by atoms with van der Waals surface area (Å²) in [6, 6.07) is 8.99. The molecule has 144 valence electrons. The third-order valence-corrected chi connectivity index (χ3v) is 4.13. The van der Waals surface area contributed by atoms with E-state index in [0.29, 0.717) is 22.9 Å². The summed E-state index contributed by atoms with van der Waals surface area (Å²) in [5.41, 5.74) is 0.877. The van der Waals surface area contributed by atoms with Crippen LogP contribution in [0.5, 0.6) is 11.5 Å². The molecule has 0 saturated carbocycles. The van der Waals surface area contributed by atoms with Crippen molar-refractivity contribution >= 4 is 34.8 Å². The second-order valence-corrected chi connectivity index (χ2v) is 6.04. The van der Waals surface area contributed by atoms with Gasteiger partial charge >= 0.3 is 0 Å². The minimum atomic E-state index is -0.577. The van der Waals surface area contributed by atoms with Crippen molar-refractivity contribution in [3.63, 3.8) is 0 Å². The number of ether oxygens (including phenoxy) is 2. The van der Waals surface area contributed by atoms with Crippen LogP contribution in [-0.2, 0) is 9.59 Å². The Kier molecular flexibility index (Phi) is 7.01. The number of carbonyl (C=O) groups is 2. The Hall–Kier alpha value is -2.80. The van der Waals surface area contributed by atoms with Crippen molar-refractivity contribution in [3.05, 3.63) is 47.2 Å². The molecular weight excluding hydrogens is 375 g/mol. The zero-order valence-corrected chi connectivity index (χ0v) is 16.0. The summed E-state index contributed by atoms with van der Waals surface area (Å²) in [7, 11) is 3.01. The van der Waals surface area contributed by atoms with Gasteiger partial charge in [-0.1, -0.05) is 11.6 Å². The summed E-state index contributed by atoms with van der Waals surface area (Å²) >= 11 is 5.78. The molecule has 2 aromatic rings. The maximum absolute atomic E-state index is 13.3. The molecule has 0 fully saturated rings. The van der Waals surface area contributed by atoms with Crippen LogP contribution >= 0.6 is 11.6 Å². The highest BCUT2D eigenvalue weighted by molar-refractivity contribution is 6.31. The maximum Gasteiger partial charge on any atom is 0.226 e. The van der Waals surface area contributed by atoms with Crippen molar-refractivity contribution in [2.75, 3.05) is 31.0 Å². The molecule has 27 heavy (non-hydrogen) atoms. The Morgan fingerprint density at radius 3 is 2.48 bits per heavy atom. The minimum Gasteiger partial charge on any atom is -0.497 e. The fourth-order valence-electron chi connectivity index (χ4n) is 2.46. The Balaban J connectivity index is 2.08. The summed E-state index contributed by atoms with van der Waals surface area (Å²) in [4.78, 5) is 25.6. The van der Waals surface area contributed by atoms with Gasteiger partial charge in [-0.05, 0) is 30.3 Å². The summed E-state index contributed by atoms with van der Waals surface area (Å²) < 4.78 is 23.7. The van der Waals surface area contributed by atoms with Crippen molar-refractivity contribution in [2.45, 2.75) is 13.3 Å². The largest absolute Gasteiger partial charge is 0.497 e. The van der Waals surface area contributed by atoms with Crippen LogP contribution in [0.4, 0.5) is 15.8 Å². The monoisotopic (exact) mass is 394 g/mol. The van der Waals surface area contributed by atoms with Gasteiger partial charge in [0.1, 0.15) is 17.3 Å². The second-order valence-electron chi connectivity index (χ2n) is 5.63. The molecule has 0 bridgehead atoms. The van der Waals surface area contributed by atoms with Gasteiger partial charge in [-0.15, -0.1) is 0 Å². The molecule has 0 aliphatic rings. The molecule has 0 heterocycles. The third kappa shape index (κ3) is 5.34. The quantitative estimate of drug-likeness (QED) is 0.773. The van der Waals surface area contributed by atoms with Crippen LogP contribution in [0.3, 0.4) is 0 Å². The van der Waals surface area contributed by atoms with Crippen molar-refractivity contribution < 1.29 is 23.5 Å². The zero-order valence-electron chi connectivity index (χ0n) is 15.2. The molecule has 0 saturated heterocycles. The molecule has 2 rings (SSSR count). The number of rotatable bonds is 7. The van der Waals surface area contributed by atoms with Crippen molar-refractivity contribution in [2.24, 2.45) is 0 Å². The van der Waals surface area contributed by atoms with Gasteiger partial charge in [-0.25, -0.2) is 4.39 Å². The minimum absolute atomic E-state index is 0.0228. The number of halogens is 2. The number of nitrogens with one attached hydrogen (secondary N) is 1. The number of methoxy groups -OCH3 is 2. The fraction of sp³-hybridized carbons (Fsp3) is 0.263. The number of nitrogens with zero attached hydrogens (tertiary/aromatic N) is 1. The zero-order chi connectivity index (χ0) is 20.0. The molecule has 0 aromatic heterocycles. The standard InChI is InChI=1S/C19H20ClFN2O4/c1-12(24)23(13-4-6-16(21)15(20)10-13)9-8-19(25)22-17-11-14(26-2)5-7-18(17)27-3/h4-7,10-11H,8-9H2,1-3H3,(H,22,25). The molecule has 0 unspecified atom stereocenters. The molecule has 0 aliphatic heterocycles. The van der Waals surface area contributed by atoms with Crippen molar-refractivity contribution in [1.29, 1.82) is 0 Å². The van der Waals surface area contributed by atoms with Gasteiger partial charge in [0, 0.05) is 31.6 Å². The number of hydrogen-bond acceptors (Lipinski definition) is 4. The molecule has 2 amide bonds. The van der Waals surface area contributed by atoms with Crippen LogP contribution in [0, 0.1) is 5.82 Å². The van der Waals surface area contributed by atoms with Crippen LogP contribution in [0.2, 0.25) is 5.02 Å². The van der Waals surface area contributed by atoms with E-state index in [2.05, 4.69) is 5.32 Å². The molecule has 2 aromatic carbocycles. The lowest BCUT2D eigenvalue weighted by Crippen LogP contribution is -2.32. The van der Waals surface area contributed by atoms with E-state index in [1.807, 2.05) is 0 Å². The lowest BCUT2D eigenvalue weighted by atomic mass is 10.2. The number of hydrogen-bond donors (Lipinski definition) is 1. The lowest BCUT2D eigenvalue weighted by molar-refractivity contribution is -0.117. The van der Waals surface area contributed by atoms with Crippen LogP contribution in [-0.4, -0.2) is 32.6 Å². The number of amides is 2. The van der Waals surface area contributed by atoms with E-state index >= 15 is 0 Å². The van der Waals surface area contributed by atoms with Gasteiger partial charge in [-0.2, -0.15) is 0 Å². The highest BCUT2D eigenvalue weighted by Crippen LogP contribution is 2.29. The smallest absolute Gasteiger partial charge is 0.226 e. The van der Waals surface area contributed by atoms with Gasteiger partial charge in [0.2, 0.25) is 11.8 Å². The van der Waals surface area contributed by atoms with E-state index in [9.17, 15) is 14.0 Å². The van der Waals surface area contributed by atoms with Crippen LogP contribution in [0.1, 0.15) is 13.3 Å². The van der Waals surface area contributed by atoms with Crippen LogP contribution in [0.15, 0.2) is 36.4 Å². The predicted molar refractivity (Wildman–Crippen MR) is 102 cm³/mol. The number of benzene rings is 2. The first kappa shape index (κ1) is 20.5. The Morgan fingerprint density at radius 2 is 1.89 bits per heavy atom. The molecule has 0 atom stereocenters. The van der Waals surface area contributed by atoms with Gasteiger partial charge < -0.3 is 19.7 Å². The summed E-state index contributed by atoms with van der Waals surface area (Å²) in [6.07, 6.45) is 0.0228. The average molecular weight is 395 g/mol. The van der Waals surface area contributed by atoms with Gasteiger partial charge in [0.25, 0.3) is 0 Å². The van der Waals surface area contributed by atoms with E-state index in [4.69, 9.17) is 21.1 Å². The second kappa shape index (κ2) is 9.23. The number of anilines is 2. The van der Waals surface area contributed by atoms with E-state index in [1.165, 1.54) is 44.2 Å². The van der Waals surface area contributed by atoms with E-state index < -0.39 is 5.82 Å². The normalized spacial score (nSPS) is 10.3. The summed E-state index contributed by atoms with van der Waals surface area (Å²) in [5.74, 6) is -0.132. The van der Waals surface area contributed by atoms with Crippen molar-refractivity contribution in [3.8, 4) is 11.5 Å². The average Bonchev–Trinajstić information content (AvgIpc) is 2.64. The first-order valence-corrected chi connectivity index (χ1v) is 8.48. The highest BCUT2D eigenvalue weighted by Gasteiger charge is 2.16. The maximum atomic E-state index is 13.3. The molecule has 0 aliphatic carbocycles. The first-order valence-electron chi connectivity index (χ1n) is 8.10.